The molecule has 1 aromatic heterocycles. The van der Waals surface area contributed by atoms with E-state index in [9.17, 15) is 0 Å². The van der Waals surface area contributed by atoms with E-state index in [1.165, 1.54) is 11.3 Å². The van der Waals surface area contributed by atoms with Crippen molar-refractivity contribution in [1.82, 2.24) is 9.97 Å². The fourth-order valence-corrected chi connectivity index (χ4v) is 1.25. The zero-order chi connectivity index (χ0) is 9.14. The molecule has 0 saturated heterocycles. The molecule has 0 aliphatic rings. The summed E-state index contributed by atoms with van der Waals surface area (Å²) in [5.74, 6) is 0.548. The van der Waals surface area contributed by atoms with Crippen molar-refractivity contribution in [2.24, 2.45) is 0 Å². The predicted octanol–water partition coefficient (Wildman–Crippen LogP) is 2.61. The molecular formula is C10H16N2. The Morgan fingerprint density at radius 3 is 2.58 bits per heavy atom. The van der Waals surface area contributed by atoms with Gasteiger partial charge in [-0.15, -0.1) is 0 Å². The highest BCUT2D eigenvalue weighted by Crippen LogP contribution is 2.20. The van der Waals surface area contributed by atoms with Crippen LogP contribution in [-0.2, 0) is 0 Å². The SMILES string of the molecule is CCC(C)c1ncnc(C)c1C. The van der Waals surface area contributed by atoms with Crippen LogP contribution < -0.4 is 0 Å². The first-order chi connectivity index (χ1) is 5.66. The van der Waals surface area contributed by atoms with Crippen molar-refractivity contribution in [3.63, 3.8) is 0 Å². The topological polar surface area (TPSA) is 25.8 Å². The first-order valence-electron chi connectivity index (χ1n) is 4.44. The second kappa shape index (κ2) is 3.65. The summed E-state index contributed by atoms with van der Waals surface area (Å²) in [6.07, 6.45) is 2.79. The summed E-state index contributed by atoms with van der Waals surface area (Å²) in [6, 6.07) is 0. The maximum atomic E-state index is 4.30. The zero-order valence-corrected chi connectivity index (χ0v) is 8.26. The van der Waals surface area contributed by atoms with Gasteiger partial charge in [0.05, 0.1) is 0 Å². The molecule has 0 aliphatic heterocycles. The molecular weight excluding hydrogens is 148 g/mol. The van der Waals surface area contributed by atoms with Crippen LogP contribution in [0.15, 0.2) is 6.33 Å². The van der Waals surface area contributed by atoms with E-state index in [1.807, 2.05) is 6.92 Å². The van der Waals surface area contributed by atoms with Crippen LogP contribution in [0.3, 0.4) is 0 Å². The number of aromatic nitrogens is 2. The van der Waals surface area contributed by atoms with Crippen molar-refractivity contribution >= 4 is 0 Å². The first-order valence-corrected chi connectivity index (χ1v) is 4.44. The smallest absolute Gasteiger partial charge is 0.115 e. The van der Waals surface area contributed by atoms with Crippen molar-refractivity contribution < 1.29 is 0 Å². The Kier molecular flexibility index (Phi) is 2.79. The molecule has 1 heterocycles. The van der Waals surface area contributed by atoms with E-state index in [1.54, 1.807) is 6.33 Å². The summed E-state index contributed by atoms with van der Waals surface area (Å²) in [5.41, 5.74) is 3.54. The predicted molar refractivity (Wildman–Crippen MR) is 50.2 cm³/mol. The van der Waals surface area contributed by atoms with Gasteiger partial charge in [-0.25, -0.2) is 9.97 Å². The molecule has 1 rings (SSSR count). The summed E-state index contributed by atoms with van der Waals surface area (Å²) in [4.78, 5) is 8.44. The Balaban J connectivity index is 3.07. The van der Waals surface area contributed by atoms with Gasteiger partial charge in [0.25, 0.3) is 0 Å². The van der Waals surface area contributed by atoms with Crippen molar-refractivity contribution in [3.05, 3.63) is 23.3 Å². The lowest BCUT2D eigenvalue weighted by molar-refractivity contribution is 0.694. The lowest BCUT2D eigenvalue weighted by Crippen LogP contribution is -2.02. The number of rotatable bonds is 2. The van der Waals surface area contributed by atoms with E-state index < -0.39 is 0 Å². The third-order valence-corrected chi connectivity index (χ3v) is 2.45. The monoisotopic (exact) mass is 164 g/mol. The minimum atomic E-state index is 0.548. The molecule has 0 radical (unpaired) electrons. The van der Waals surface area contributed by atoms with Crippen LogP contribution in [0.4, 0.5) is 0 Å². The second-order valence-corrected chi connectivity index (χ2v) is 3.28. The second-order valence-electron chi connectivity index (χ2n) is 3.28. The molecule has 1 unspecified atom stereocenters. The normalized spacial score (nSPS) is 13.0. The summed E-state index contributed by atoms with van der Waals surface area (Å²) in [6.45, 7) is 8.51. The van der Waals surface area contributed by atoms with Crippen LogP contribution in [0.1, 0.15) is 43.1 Å². The van der Waals surface area contributed by atoms with E-state index in [0.29, 0.717) is 5.92 Å². The third-order valence-electron chi connectivity index (χ3n) is 2.45. The Morgan fingerprint density at radius 2 is 2.00 bits per heavy atom. The summed E-state index contributed by atoms with van der Waals surface area (Å²) < 4.78 is 0. The molecule has 2 nitrogen and oxygen atoms in total. The van der Waals surface area contributed by atoms with Crippen LogP contribution in [-0.4, -0.2) is 9.97 Å². The fraction of sp³-hybridized carbons (Fsp3) is 0.600. The standard InChI is InChI=1S/C10H16N2/c1-5-7(2)10-8(3)9(4)11-6-12-10/h6-7H,5H2,1-4H3. The molecule has 0 aliphatic carbocycles. The Morgan fingerprint density at radius 1 is 1.33 bits per heavy atom. The van der Waals surface area contributed by atoms with E-state index in [-0.39, 0.29) is 0 Å². The van der Waals surface area contributed by atoms with Crippen molar-refractivity contribution in [3.8, 4) is 0 Å². The van der Waals surface area contributed by atoms with E-state index in [2.05, 4.69) is 30.7 Å². The molecule has 0 fully saturated rings. The summed E-state index contributed by atoms with van der Waals surface area (Å²) in [7, 11) is 0. The molecule has 0 N–H and O–H groups in total. The molecule has 0 bridgehead atoms. The maximum absolute atomic E-state index is 4.30. The molecule has 12 heavy (non-hydrogen) atoms. The van der Waals surface area contributed by atoms with Gasteiger partial charge in [0.1, 0.15) is 6.33 Å². The van der Waals surface area contributed by atoms with Gasteiger partial charge in [0.15, 0.2) is 0 Å². The van der Waals surface area contributed by atoms with Gasteiger partial charge < -0.3 is 0 Å². The van der Waals surface area contributed by atoms with Crippen molar-refractivity contribution in [2.75, 3.05) is 0 Å². The third kappa shape index (κ3) is 1.63. The zero-order valence-electron chi connectivity index (χ0n) is 8.26. The molecule has 66 valence electrons. The van der Waals surface area contributed by atoms with Gasteiger partial charge in [-0.3, -0.25) is 0 Å². The highest BCUT2D eigenvalue weighted by atomic mass is 14.8. The van der Waals surface area contributed by atoms with Crippen molar-refractivity contribution in [1.29, 1.82) is 0 Å². The van der Waals surface area contributed by atoms with Crippen LogP contribution >= 0.6 is 0 Å². The largest absolute Gasteiger partial charge is 0.241 e. The molecule has 0 aromatic carbocycles. The minimum Gasteiger partial charge on any atom is -0.241 e. The van der Waals surface area contributed by atoms with Crippen LogP contribution in [0.5, 0.6) is 0 Å². The summed E-state index contributed by atoms with van der Waals surface area (Å²) in [5, 5.41) is 0. The number of aryl methyl sites for hydroxylation is 1. The molecule has 1 aromatic rings. The molecule has 0 spiro atoms. The van der Waals surface area contributed by atoms with Gasteiger partial charge in [-0.1, -0.05) is 13.8 Å². The number of hydrogen-bond acceptors (Lipinski definition) is 2. The average molecular weight is 164 g/mol. The van der Waals surface area contributed by atoms with Gasteiger partial charge in [0.2, 0.25) is 0 Å². The molecule has 0 saturated carbocycles. The average Bonchev–Trinajstić information content (AvgIpc) is 2.08. The lowest BCUT2D eigenvalue weighted by Gasteiger charge is -2.11. The van der Waals surface area contributed by atoms with Gasteiger partial charge in [0, 0.05) is 11.4 Å². The van der Waals surface area contributed by atoms with Gasteiger partial charge in [-0.2, -0.15) is 0 Å². The van der Waals surface area contributed by atoms with Gasteiger partial charge >= 0.3 is 0 Å². The molecule has 1 atom stereocenters. The van der Waals surface area contributed by atoms with Crippen molar-refractivity contribution in [2.45, 2.75) is 40.0 Å². The Bertz CT molecular complexity index is 269. The Hall–Kier alpha value is -0.920. The van der Waals surface area contributed by atoms with E-state index in [0.717, 1.165) is 12.1 Å². The Labute approximate surface area is 74.1 Å². The van der Waals surface area contributed by atoms with E-state index in [4.69, 9.17) is 0 Å². The fourth-order valence-electron chi connectivity index (χ4n) is 1.25. The number of hydrogen-bond donors (Lipinski definition) is 0. The van der Waals surface area contributed by atoms with Crippen LogP contribution in [0, 0.1) is 13.8 Å². The molecule has 2 heteroatoms. The van der Waals surface area contributed by atoms with Crippen LogP contribution in [0.2, 0.25) is 0 Å². The lowest BCUT2D eigenvalue weighted by atomic mass is 10.00. The maximum Gasteiger partial charge on any atom is 0.115 e. The molecule has 0 amide bonds. The summed E-state index contributed by atoms with van der Waals surface area (Å²) >= 11 is 0. The first kappa shape index (κ1) is 9.17. The van der Waals surface area contributed by atoms with E-state index >= 15 is 0 Å². The highest BCUT2D eigenvalue weighted by Gasteiger charge is 2.09. The van der Waals surface area contributed by atoms with Crippen LogP contribution in [0.25, 0.3) is 0 Å². The minimum absolute atomic E-state index is 0.548. The van der Waals surface area contributed by atoms with Gasteiger partial charge in [-0.05, 0) is 31.7 Å². The number of nitrogens with zero attached hydrogens (tertiary/aromatic N) is 2. The quantitative estimate of drug-likeness (QED) is 0.671. The highest BCUT2D eigenvalue weighted by molar-refractivity contribution is 5.24.